The lowest BCUT2D eigenvalue weighted by molar-refractivity contribution is -0.117. The summed E-state index contributed by atoms with van der Waals surface area (Å²) in [6.45, 7) is 3.91. The average molecular weight is 347 g/mol. The summed E-state index contributed by atoms with van der Waals surface area (Å²) >= 11 is 7.31. The Balaban J connectivity index is 2.21. The molecule has 0 unspecified atom stereocenters. The van der Waals surface area contributed by atoms with Gasteiger partial charge in [-0.15, -0.1) is 11.3 Å². The summed E-state index contributed by atoms with van der Waals surface area (Å²) in [4.78, 5) is 26.2. The lowest BCUT2D eigenvalue weighted by Gasteiger charge is -2.09. The molecule has 1 N–H and O–H groups in total. The highest BCUT2D eigenvalue weighted by molar-refractivity contribution is 7.14. The molecule has 0 fully saturated rings. The van der Waals surface area contributed by atoms with Crippen molar-refractivity contribution in [1.29, 1.82) is 5.26 Å². The van der Waals surface area contributed by atoms with E-state index in [9.17, 15) is 14.9 Å². The molecule has 0 saturated carbocycles. The maximum absolute atomic E-state index is 12.5. The minimum atomic E-state index is -1.39. The lowest BCUT2D eigenvalue weighted by atomic mass is 10.0. The zero-order valence-corrected chi connectivity index (χ0v) is 14.3. The van der Waals surface area contributed by atoms with Gasteiger partial charge < -0.3 is 5.32 Å². The van der Waals surface area contributed by atoms with Crippen LogP contribution in [0.5, 0.6) is 0 Å². The Morgan fingerprint density at radius 1 is 1.39 bits per heavy atom. The fraction of sp³-hybridized carbons (Fsp3) is 0.235. The Hall–Kier alpha value is -2.16. The Kier molecular flexibility index (Phi) is 5.54. The van der Waals surface area contributed by atoms with Crippen molar-refractivity contribution in [2.24, 2.45) is 5.92 Å². The van der Waals surface area contributed by atoms with Gasteiger partial charge in [-0.2, -0.15) is 5.26 Å². The summed E-state index contributed by atoms with van der Waals surface area (Å²) < 4.78 is 0. The Labute approximate surface area is 143 Å². The van der Waals surface area contributed by atoms with Gasteiger partial charge in [0.1, 0.15) is 0 Å². The number of anilines is 1. The van der Waals surface area contributed by atoms with Gasteiger partial charge in [0.25, 0.3) is 0 Å². The number of hydrogen-bond acceptors (Lipinski definition) is 4. The second-order valence-corrected chi connectivity index (χ2v) is 6.51. The van der Waals surface area contributed by atoms with Gasteiger partial charge in [0.2, 0.25) is 5.91 Å². The standard InChI is InChI=1S/C17H15ClN2O2S/c1-3-14-10(2)8-15(23-14)16(21)11(9-19)17(22)20-13-7-5-4-6-12(13)18/h4-8,11H,3H2,1-2H3,(H,20,22)/t11-/m1/s1. The van der Waals surface area contributed by atoms with Crippen LogP contribution >= 0.6 is 22.9 Å². The fourth-order valence-corrected chi connectivity index (χ4v) is 3.41. The number of rotatable bonds is 5. The van der Waals surface area contributed by atoms with Crippen LogP contribution in [0.3, 0.4) is 0 Å². The molecule has 0 bridgehead atoms. The van der Waals surface area contributed by atoms with Crippen molar-refractivity contribution in [2.45, 2.75) is 20.3 Å². The van der Waals surface area contributed by atoms with E-state index in [1.807, 2.05) is 13.8 Å². The molecule has 1 aromatic carbocycles. The quantitative estimate of drug-likeness (QED) is 0.650. The number of nitrogens with one attached hydrogen (secondary N) is 1. The van der Waals surface area contributed by atoms with Gasteiger partial charge in [-0.3, -0.25) is 9.59 Å². The smallest absolute Gasteiger partial charge is 0.249 e. The molecule has 6 heteroatoms. The number of ketones is 1. The van der Waals surface area contributed by atoms with Crippen LogP contribution in [0.4, 0.5) is 5.69 Å². The largest absolute Gasteiger partial charge is 0.323 e. The summed E-state index contributed by atoms with van der Waals surface area (Å²) in [6, 6.07) is 10.2. The number of carbonyl (C=O) groups excluding carboxylic acids is 2. The van der Waals surface area contributed by atoms with Gasteiger partial charge in [-0.25, -0.2) is 0 Å². The summed E-state index contributed by atoms with van der Waals surface area (Å²) in [6.07, 6.45) is 0.812. The second-order valence-electron chi connectivity index (χ2n) is 4.97. The van der Waals surface area contributed by atoms with Crippen molar-refractivity contribution in [2.75, 3.05) is 5.32 Å². The normalized spacial score (nSPS) is 11.6. The predicted octanol–water partition coefficient (Wildman–Crippen LogP) is 4.23. The first-order chi connectivity index (χ1) is 11.0. The van der Waals surface area contributed by atoms with E-state index >= 15 is 0 Å². The van der Waals surface area contributed by atoms with Crippen molar-refractivity contribution in [3.63, 3.8) is 0 Å². The fourth-order valence-electron chi connectivity index (χ4n) is 2.14. The first-order valence-corrected chi connectivity index (χ1v) is 8.25. The molecule has 2 aromatic rings. The molecule has 0 radical (unpaired) electrons. The van der Waals surface area contributed by atoms with Gasteiger partial charge >= 0.3 is 0 Å². The Morgan fingerprint density at radius 3 is 2.65 bits per heavy atom. The van der Waals surface area contributed by atoms with Gasteiger partial charge in [-0.1, -0.05) is 30.7 Å². The molecule has 23 heavy (non-hydrogen) atoms. The van der Waals surface area contributed by atoms with Crippen molar-refractivity contribution in [3.05, 3.63) is 50.7 Å². The van der Waals surface area contributed by atoms with Crippen molar-refractivity contribution >= 4 is 40.3 Å². The number of halogens is 1. The van der Waals surface area contributed by atoms with Gasteiger partial charge in [0.05, 0.1) is 21.7 Å². The van der Waals surface area contributed by atoms with Gasteiger partial charge in [0, 0.05) is 4.88 Å². The molecule has 0 aliphatic carbocycles. The highest BCUT2D eigenvalue weighted by Gasteiger charge is 2.29. The van der Waals surface area contributed by atoms with Gasteiger partial charge in [0.15, 0.2) is 11.7 Å². The Bertz CT molecular complexity index is 792. The number of nitriles is 1. The van der Waals surface area contributed by atoms with E-state index in [0.717, 1.165) is 16.9 Å². The molecule has 0 saturated heterocycles. The number of Topliss-reactive ketones (excluding diaryl/α,β-unsaturated/α-hetero) is 1. The van der Waals surface area contributed by atoms with E-state index in [1.165, 1.54) is 11.3 Å². The Morgan fingerprint density at radius 2 is 2.09 bits per heavy atom. The van der Waals surface area contributed by atoms with Crippen LogP contribution in [0.25, 0.3) is 0 Å². The first kappa shape index (κ1) is 17.2. The number of nitrogens with zero attached hydrogens (tertiary/aromatic N) is 1. The molecule has 4 nitrogen and oxygen atoms in total. The third-order valence-electron chi connectivity index (χ3n) is 3.37. The number of carbonyl (C=O) groups is 2. The minimum absolute atomic E-state index is 0.352. The summed E-state index contributed by atoms with van der Waals surface area (Å²) in [5.41, 5.74) is 1.38. The lowest BCUT2D eigenvalue weighted by Crippen LogP contribution is -2.28. The maximum Gasteiger partial charge on any atom is 0.249 e. The van der Waals surface area contributed by atoms with Crippen LogP contribution < -0.4 is 5.32 Å². The molecule has 1 aromatic heterocycles. The minimum Gasteiger partial charge on any atom is -0.323 e. The SMILES string of the molecule is CCc1sc(C(=O)[C@@H](C#N)C(=O)Nc2ccccc2Cl)cc1C. The number of thiophene rings is 1. The highest BCUT2D eigenvalue weighted by Crippen LogP contribution is 2.26. The summed E-state index contributed by atoms with van der Waals surface area (Å²) in [5, 5.41) is 12.1. The molecular weight excluding hydrogens is 332 g/mol. The number of aryl methyl sites for hydroxylation is 2. The first-order valence-electron chi connectivity index (χ1n) is 7.06. The van der Waals surface area contributed by atoms with Crippen LogP contribution in [0, 0.1) is 24.2 Å². The molecular formula is C17H15ClN2O2S. The zero-order chi connectivity index (χ0) is 17.0. The summed E-state index contributed by atoms with van der Waals surface area (Å²) in [7, 11) is 0. The molecule has 0 spiro atoms. The topological polar surface area (TPSA) is 70.0 Å². The average Bonchev–Trinajstić information content (AvgIpc) is 2.91. The van der Waals surface area contributed by atoms with Gasteiger partial charge in [-0.05, 0) is 37.1 Å². The van der Waals surface area contributed by atoms with Crippen LogP contribution in [0.2, 0.25) is 5.02 Å². The molecule has 1 heterocycles. The molecule has 0 aliphatic rings. The van der Waals surface area contributed by atoms with E-state index in [-0.39, 0.29) is 0 Å². The second kappa shape index (κ2) is 7.40. The molecule has 1 atom stereocenters. The van der Waals surface area contributed by atoms with Crippen LogP contribution in [-0.2, 0) is 11.2 Å². The van der Waals surface area contributed by atoms with Crippen LogP contribution in [-0.4, -0.2) is 11.7 Å². The van der Waals surface area contributed by atoms with E-state index in [4.69, 9.17) is 11.6 Å². The third kappa shape index (κ3) is 3.79. The molecule has 2 rings (SSSR count). The number of amides is 1. The maximum atomic E-state index is 12.5. The van der Waals surface area contributed by atoms with E-state index in [0.29, 0.717) is 15.6 Å². The van der Waals surface area contributed by atoms with Crippen molar-refractivity contribution in [3.8, 4) is 6.07 Å². The van der Waals surface area contributed by atoms with Crippen molar-refractivity contribution in [1.82, 2.24) is 0 Å². The van der Waals surface area contributed by atoms with Crippen LogP contribution in [0.1, 0.15) is 27.0 Å². The molecule has 118 valence electrons. The number of benzene rings is 1. The molecule has 0 aliphatic heterocycles. The van der Waals surface area contributed by atoms with Crippen LogP contribution in [0.15, 0.2) is 30.3 Å². The predicted molar refractivity (Wildman–Crippen MR) is 91.9 cm³/mol. The number of para-hydroxylation sites is 1. The van der Waals surface area contributed by atoms with E-state index in [1.54, 1.807) is 36.4 Å². The number of hydrogen-bond donors (Lipinski definition) is 1. The summed E-state index contributed by atoms with van der Waals surface area (Å²) in [5.74, 6) is -2.55. The molecule has 1 amide bonds. The highest BCUT2D eigenvalue weighted by atomic mass is 35.5. The zero-order valence-electron chi connectivity index (χ0n) is 12.7. The van der Waals surface area contributed by atoms with E-state index < -0.39 is 17.6 Å². The van der Waals surface area contributed by atoms with Crippen molar-refractivity contribution < 1.29 is 9.59 Å². The third-order valence-corrected chi connectivity index (χ3v) is 5.10. The van der Waals surface area contributed by atoms with E-state index in [2.05, 4.69) is 5.32 Å². The monoisotopic (exact) mass is 346 g/mol.